The molecule has 2 aliphatic carbocycles. The van der Waals surface area contributed by atoms with Gasteiger partial charge in [0.2, 0.25) is 5.91 Å². The number of nitrogens with two attached hydrogens (primary N) is 1. The molecule has 0 aromatic heterocycles. The zero-order chi connectivity index (χ0) is 19.6. The van der Waals surface area contributed by atoms with Crippen molar-refractivity contribution in [2.45, 2.75) is 58.1 Å². The van der Waals surface area contributed by atoms with Crippen molar-refractivity contribution in [3.8, 4) is 0 Å². The predicted molar refractivity (Wildman–Crippen MR) is 104 cm³/mol. The van der Waals surface area contributed by atoms with Crippen molar-refractivity contribution >= 4 is 5.91 Å². The van der Waals surface area contributed by atoms with Gasteiger partial charge >= 0.3 is 0 Å². The van der Waals surface area contributed by atoms with E-state index in [0.717, 1.165) is 25.7 Å². The summed E-state index contributed by atoms with van der Waals surface area (Å²) in [5, 5.41) is 10.6. The van der Waals surface area contributed by atoms with Gasteiger partial charge in [0.25, 0.3) is 0 Å². The van der Waals surface area contributed by atoms with Gasteiger partial charge in [-0.1, -0.05) is 32.4 Å². The molecule has 3 rings (SSSR count). The number of halogens is 1. The molecule has 5 heteroatoms. The number of carbonyl (C=O) groups is 1. The van der Waals surface area contributed by atoms with Crippen LogP contribution in [0.5, 0.6) is 0 Å². The van der Waals surface area contributed by atoms with Crippen LogP contribution in [0.3, 0.4) is 0 Å². The molecule has 150 valence electrons. The Morgan fingerprint density at radius 1 is 1.19 bits per heavy atom. The Hall–Kier alpha value is -1.46. The van der Waals surface area contributed by atoms with Crippen LogP contribution in [0, 0.1) is 29.5 Å². The van der Waals surface area contributed by atoms with Crippen LogP contribution in [0.25, 0.3) is 0 Å². The SMILES string of the molecule is CC(C)CN(CC(O)c1ccc(F)cc1)C(=O)C1CC2CCCC(C1)C2N. The van der Waals surface area contributed by atoms with Crippen LogP contribution in [0.4, 0.5) is 4.39 Å². The number of benzene rings is 1. The topological polar surface area (TPSA) is 66.6 Å². The van der Waals surface area contributed by atoms with E-state index < -0.39 is 6.10 Å². The lowest BCUT2D eigenvalue weighted by atomic mass is 9.65. The van der Waals surface area contributed by atoms with Gasteiger partial charge in [0.1, 0.15) is 5.82 Å². The number of fused-ring (bicyclic) bond motifs is 2. The van der Waals surface area contributed by atoms with E-state index in [1.165, 1.54) is 18.6 Å². The van der Waals surface area contributed by atoms with Crippen molar-refractivity contribution in [1.82, 2.24) is 4.90 Å². The molecule has 3 atom stereocenters. The van der Waals surface area contributed by atoms with Crippen molar-refractivity contribution in [1.29, 1.82) is 0 Å². The van der Waals surface area contributed by atoms with E-state index >= 15 is 0 Å². The van der Waals surface area contributed by atoms with E-state index in [2.05, 4.69) is 13.8 Å². The molecule has 1 amide bonds. The van der Waals surface area contributed by atoms with Gasteiger partial charge in [-0.3, -0.25) is 4.79 Å². The molecule has 0 heterocycles. The van der Waals surface area contributed by atoms with E-state index in [0.29, 0.717) is 29.9 Å². The molecular weight excluding hydrogens is 343 g/mol. The highest BCUT2D eigenvalue weighted by atomic mass is 19.1. The van der Waals surface area contributed by atoms with Crippen LogP contribution >= 0.6 is 0 Å². The smallest absolute Gasteiger partial charge is 0.225 e. The fourth-order valence-electron chi connectivity index (χ4n) is 4.94. The average Bonchev–Trinajstić information content (AvgIpc) is 2.60. The molecule has 3 N–H and O–H groups in total. The quantitative estimate of drug-likeness (QED) is 0.799. The molecule has 0 saturated heterocycles. The molecule has 2 fully saturated rings. The Balaban J connectivity index is 1.70. The van der Waals surface area contributed by atoms with E-state index in [9.17, 15) is 14.3 Å². The number of hydrogen-bond donors (Lipinski definition) is 2. The molecule has 3 unspecified atom stereocenters. The second kappa shape index (κ2) is 8.70. The standard InChI is InChI=1S/C22H33FN2O2/c1-14(2)12-25(13-20(26)15-6-8-19(23)9-7-15)22(27)18-10-16-4-3-5-17(11-18)21(16)24/h6-9,14,16-18,20-21,26H,3-5,10-13,24H2,1-2H3. The van der Waals surface area contributed by atoms with Gasteiger partial charge in [0.05, 0.1) is 12.6 Å². The second-order valence-corrected chi connectivity index (χ2v) is 8.90. The molecule has 2 saturated carbocycles. The normalized spacial score (nSPS) is 28.8. The van der Waals surface area contributed by atoms with Crippen molar-refractivity contribution in [3.05, 3.63) is 35.6 Å². The number of amides is 1. The molecule has 27 heavy (non-hydrogen) atoms. The van der Waals surface area contributed by atoms with E-state index in [1.807, 2.05) is 4.90 Å². The largest absolute Gasteiger partial charge is 0.387 e. The first kappa shape index (κ1) is 20.3. The second-order valence-electron chi connectivity index (χ2n) is 8.90. The Bertz CT molecular complexity index is 620. The third-order valence-electron chi connectivity index (χ3n) is 6.31. The summed E-state index contributed by atoms with van der Waals surface area (Å²) in [5.74, 6) is 1.06. The summed E-state index contributed by atoms with van der Waals surface area (Å²) in [6, 6.07) is 6.10. The Kier molecular flexibility index (Phi) is 6.53. The van der Waals surface area contributed by atoms with Gasteiger partial charge in [0, 0.05) is 18.5 Å². The maximum atomic E-state index is 13.3. The predicted octanol–water partition coefficient (Wildman–Crippen LogP) is 3.50. The molecule has 2 bridgehead atoms. The number of rotatable bonds is 6. The lowest BCUT2D eigenvalue weighted by Crippen LogP contribution is -2.50. The van der Waals surface area contributed by atoms with Gasteiger partial charge < -0.3 is 15.7 Å². The van der Waals surface area contributed by atoms with Crippen LogP contribution in [0.15, 0.2) is 24.3 Å². The fraction of sp³-hybridized carbons (Fsp3) is 0.682. The Labute approximate surface area is 161 Å². The number of nitrogens with zero attached hydrogens (tertiary/aromatic N) is 1. The maximum absolute atomic E-state index is 13.3. The summed E-state index contributed by atoms with van der Waals surface area (Å²) in [5.41, 5.74) is 7.02. The Morgan fingerprint density at radius 3 is 2.33 bits per heavy atom. The minimum atomic E-state index is -0.807. The average molecular weight is 377 g/mol. The minimum Gasteiger partial charge on any atom is -0.387 e. The summed E-state index contributed by atoms with van der Waals surface area (Å²) in [6.07, 6.45) is 4.42. The summed E-state index contributed by atoms with van der Waals surface area (Å²) < 4.78 is 13.1. The van der Waals surface area contributed by atoms with Crippen molar-refractivity contribution in [3.63, 3.8) is 0 Å². The van der Waals surface area contributed by atoms with Crippen LogP contribution in [0.1, 0.15) is 57.6 Å². The summed E-state index contributed by atoms with van der Waals surface area (Å²) >= 11 is 0. The first-order chi connectivity index (χ1) is 12.8. The van der Waals surface area contributed by atoms with Gasteiger partial charge in [-0.05, 0) is 61.1 Å². The van der Waals surface area contributed by atoms with Crippen LogP contribution in [-0.4, -0.2) is 35.0 Å². The van der Waals surface area contributed by atoms with Gasteiger partial charge in [-0.2, -0.15) is 0 Å². The number of hydrogen-bond acceptors (Lipinski definition) is 3. The van der Waals surface area contributed by atoms with Crippen LogP contribution < -0.4 is 5.73 Å². The summed E-state index contributed by atoms with van der Waals surface area (Å²) in [7, 11) is 0. The lowest BCUT2D eigenvalue weighted by Gasteiger charge is -2.44. The molecule has 0 aliphatic heterocycles. The number of carbonyl (C=O) groups excluding carboxylic acids is 1. The first-order valence-corrected chi connectivity index (χ1v) is 10.3. The highest BCUT2D eigenvalue weighted by Crippen LogP contribution is 2.42. The third kappa shape index (κ3) is 4.88. The van der Waals surface area contributed by atoms with Gasteiger partial charge in [0.15, 0.2) is 0 Å². The van der Waals surface area contributed by atoms with Gasteiger partial charge in [-0.15, -0.1) is 0 Å². The number of aliphatic hydroxyl groups is 1. The van der Waals surface area contributed by atoms with E-state index in [-0.39, 0.29) is 30.2 Å². The van der Waals surface area contributed by atoms with E-state index in [1.54, 1.807) is 12.1 Å². The van der Waals surface area contributed by atoms with Crippen LogP contribution in [0.2, 0.25) is 0 Å². The summed E-state index contributed by atoms with van der Waals surface area (Å²) in [6.45, 7) is 5.03. The van der Waals surface area contributed by atoms with Crippen molar-refractivity contribution in [2.75, 3.05) is 13.1 Å². The number of aliphatic hydroxyl groups excluding tert-OH is 1. The van der Waals surface area contributed by atoms with Gasteiger partial charge in [-0.25, -0.2) is 4.39 Å². The highest BCUT2D eigenvalue weighted by Gasteiger charge is 2.41. The summed E-state index contributed by atoms with van der Waals surface area (Å²) in [4.78, 5) is 15.1. The zero-order valence-electron chi connectivity index (χ0n) is 16.5. The van der Waals surface area contributed by atoms with Crippen molar-refractivity contribution < 1.29 is 14.3 Å². The zero-order valence-corrected chi connectivity index (χ0v) is 16.5. The molecule has 0 spiro atoms. The Morgan fingerprint density at radius 2 is 1.78 bits per heavy atom. The third-order valence-corrected chi connectivity index (χ3v) is 6.31. The highest BCUT2D eigenvalue weighted by molar-refractivity contribution is 5.79. The monoisotopic (exact) mass is 376 g/mol. The molecular formula is C22H33FN2O2. The first-order valence-electron chi connectivity index (χ1n) is 10.3. The van der Waals surface area contributed by atoms with Crippen LogP contribution in [-0.2, 0) is 4.79 Å². The molecule has 2 aliphatic rings. The van der Waals surface area contributed by atoms with Crippen molar-refractivity contribution in [2.24, 2.45) is 29.4 Å². The molecule has 1 aromatic rings. The lowest BCUT2D eigenvalue weighted by molar-refractivity contribution is -0.140. The molecule has 4 nitrogen and oxygen atoms in total. The molecule has 0 radical (unpaired) electrons. The van der Waals surface area contributed by atoms with E-state index in [4.69, 9.17) is 5.73 Å². The molecule has 1 aromatic carbocycles. The fourth-order valence-corrected chi connectivity index (χ4v) is 4.94. The maximum Gasteiger partial charge on any atom is 0.225 e. The minimum absolute atomic E-state index is 0.0132.